The van der Waals surface area contributed by atoms with E-state index in [0.717, 1.165) is 25.7 Å². The van der Waals surface area contributed by atoms with Gasteiger partial charge in [-0.15, -0.1) is 0 Å². The highest BCUT2D eigenvalue weighted by Gasteiger charge is 2.31. The van der Waals surface area contributed by atoms with Crippen molar-refractivity contribution < 1.29 is 18.3 Å². The zero-order valence-corrected chi connectivity index (χ0v) is 15.6. The van der Waals surface area contributed by atoms with Crippen LogP contribution in [0.15, 0.2) is 11.1 Å². The van der Waals surface area contributed by atoms with Crippen molar-refractivity contribution in [3.8, 4) is 0 Å². The van der Waals surface area contributed by atoms with Gasteiger partial charge in [-0.2, -0.15) is 5.10 Å². The van der Waals surface area contributed by atoms with Gasteiger partial charge in [0.15, 0.2) is 0 Å². The Labute approximate surface area is 144 Å². The van der Waals surface area contributed by atoms with Gasteiger partial charge in [-0.05, 0) is 12.8 Å². The Morgan fingerprint density at radius 2 is 2.00 bits per heavy atom. The minimum atomic E-state index is -3.65. The van der Waals surface area contributed by atoms with E-state index in [1.54, 1.807) is 6.20 Å². The Morgan fingerprint density at radius 3 is 2.58 bits per heavy atom. The number of nitrogens with zero attached hydrogens (tertiary/aromatic N) is 2. The third-order valence-corrected chi connectivity index (χ3v) is 5.63. The predicted molar refractivity (Wildman–Crippen MR) is 91.5 cm³/mol. The maximum absolute atomic E-state index is 12.7. The number of aromatic nitrogens is 2. The molecule has 0 amide bonds. The predicted octanol–water partition coefficient (Wildman–Crippen LogP) is 1.58. The van der Waals surface area contributed by atoms with E-state index >= 15 is 0 Å². The van der Waals surface area contributed by atoms with Crippen LogP contribution in [0.1, 0.15) is 58.2 Å². The lowest BCUT2D eigenvalue weighted by Crippen LogP contribution is -2.29. The highest BCUT2D eigenvalue weighted by molar-refractivity contribution is 7.89. The van der Waals surface area contributed by atoms with Gasteiger partial charge in [0.05, 0.1) is 31.6 Å². The maximum Gasteiger partial charge on any atom is 0.244 e. The fraction of sp³-hybridized carbons (Fsp3) is 0.812. The quantitative estimate of drug-likeness (QED) is 0.688. The number of hydrogen-bond donors (Lipinski definition) is 2. The second-order valence-electron chi connectivity index (χ2n) is 7.24. The molecule has 0 unspecified atom stereocenters. The first-order valence-electron chi connectivity index (χ1n) is 8.53. The number of aliphatic hydroxyl groups is 1. The molecule has 2 rings (SSSR count). The third kappa shape index (κ3) is 4.78. The Kier molecular flexibility index (Phi) is 6.41. The first-order valence-corrected chi connectivity index (χ1v) is 10.0. The average molecular weight is 359 g/mol. The van der Waals surface area contributed by atoms with Gasteiger partial charge in [-0.1, -0.05) is 33.6 Å². The van der Waals surface area contributed by atoms with E-state index in [4.69, 9.17) is 9.84 Å². The lowest BCUT2D eigenvalue weighted by atomic mass is 9.92. The van der Waals surface area contributed by atoms with Gasteiger partial charge >= 0.3 is 0 Å². The number of ether oxygens (including phenoxy) is 1. The zero-order chi connectivity index (χ0) is 17.8. The van der Waals surface area contributed by atoms with E-state index in [9.17, 15) is 8.42 Å². The SMILES string of the molecule is CC(C)(C)c1nn(C2CCCC2)cc1S(=O)(=O)NCCOCCO. The molecule has 2 N–H and O–H groups in total. The van der Waals surface area contributed by atoms with Crippen molar-refractivity contribution in [3.63, 3.8) is 0 Å². The molecule has 0 aromatic carbocycles. The Morgan fingerprint density at radius 1 is 1.33 bits per heavy atom. The van der Waals surface area contributed by atoms with Gasteiger partial charge in [0.25, 0.3) is 0 Å². The van der Waals surface area contributed by atoms with E-state index in [1.165, 1.54) is 0 Å². The number of nitrogens with one attached hydrogen (secondary N) is 1. The monoisotopic (exact) mass is 359 g/mol. The highest BCUT2D eigenvalue weighted by Crippen LogP contribution is 2.33. The van der Waals surface area contributed by atoms with Crippen LogP contribution >= 0.6 is 0 Å². The molecule has 0 aliphatic heterocycles. The van der Waals surface area contributed by atoms with Crippen LogP contribution in [0.5, 0.6) is 0 Å². The summed E-state index contributed by atoms with van der Waals surface area (Å²) in [5.74, 6) is 0. The van der Waals surface area contributed by atoms with Crippen molar-refractivity contribution in [2.75, 3.05) is 26.4 Å². The van der Waals surface area contributed by atoms with Gasteiger partial charge in [-0.25, -0.2) is 13.1 Å². The van der Waals surface area contributed by atoms with Crippen LogP contribution in [0, 0.1) is 0 Å². The summed E-state index contributed by atoms with van der Waals surface area (Å²) in [5, 5.41) is 13.3. The number of aliphatic hydroxyl groups excluding tert-OH is 1. The molecular weight excluding hydrogens is 330 g/mol. The van der Waals surface area contributed by atoms with Crippen molar-refractivity contribution in [2.24, 2.45) is 0 Å². The summed E-state index contributed by atoms with van der Waals surface area (Å²) in [6.07, 6.45) is 6.10. The molecule has 7 nitrogen and oxygen atoms in total. The average Bonchev–Trinajstić information content (AvgIpc) is 3.15. The van der Waals surface area contributed by atoms with E-state index in [0.29, 0.717) is 11.7 Å². The van der Waals surface area contributed by atoms with Crippen molar-refractivity contribution in [1.82, 2.24) is 14.5 Å². The van der Waals surface area contributed by atoms with Crippen LogP contribution in [-0.4, -0.2) is 49.7 Å². The van der Waals surface area contributed by atoms with Crippen molar-refractivity contribution in [3.05, 3.63) is 11.9 Å². The molecule has 1 aliphatic rings. The standard InChI is InChI=1S/C16H29N3O4S/c1-16(2,3)15-14(12-19(18-15)13-6-4-5-7-13)24(21,22)17-8-10-23-11-9-20/h12-13,17,20H,4-11H2,1-3H3. The molecule has 0 radical (unpaired) electrons. The smallest absolute Gasteiger partial charge is 0.244 e. The molecule has 1 aliphatic carbocycles. The first-order chi connectivity index (χ1) is 11.3. The summed E-state index contributed by atoms with van der Waals surface area (Å²) in [4.78, 5) is 0.254. The number of rotatable bonds is 8. The van der Waals surface area contributed by atoms with Gasteiger partial charge in [0, 0.05) is 18.2 Å². The molecule has 0 atom stereocenters. The Bertz CT molecular complexity index is 628. The second-order valence-corrected chi connectivity index (χ2v) is 8.98. The minimum absolute atomic E-state index is 0.0743. The van der Waals surface area contributed by atoms with E-state index in [-0.39, 0.29) is 36.7 Å². The largest absolute Gasteiger partial charge is 0.394 e. The lowest BCUT2D eigenvalue weighted by Gasteiger charge is -2.18. The molecule has 1 aromatic heterocycles. The topological polar surface area (TPSA) is 93.5 Å². The van der Waals surface area contributed by atoms with Crippen LogP contribution in [-0.2, 0) is 20.2 Å². The normalized spacial score (nSPS) is 16.8. The van der Waals surface area contributed by atoms with Crippen molar-refractivity contribution in [1.29, 1.82) is 0 Å². The molecule has 0 bridgehead atoms. The molecule has 0 saturated heterocycles. The molecule has 8 heteroatoms. The molecular formula is C16H29N3O4S. The minimum Gasteiger partial charge on any atom is -0.394 e. The Hall–Kier alpha value is -0.960. The van der Waals surface area contributed by atoms with E-state index in [2.05, 4.69) is 9.82 Å². The molecule has 1 fully saturated rings. The van der Waals surface area contributed by atoms with Crippen LogP contribution in [0.25, 0.3) is 0 Å². The first kappa shape index (κ1) is 19.4. The third-order valence-electron chi connectivity index (χ3n) is 4.17. The summed E-state index contributed by atoms with van der Waals surface area (Å²) < 4.78 is 34.9. The fourth-order valence-electron chi connectivity index (χ4n) is 2.94. The van der Waals surface area contributed by atoms with E-state index in [1.807, 2.05) is 25.5 Å². The Balaban J connectivity index is 2.19. The maximum atomic E-state index is 12.7. The molecule has 1 heterocycles. The molecule has 1 aromatic rings. The highest BCUT2D eigenvalue weighted by atomic mass is 32.2. The molecule has 138 valence electrons. The number of hydrogen-bond acceptors (Lipinski definition) is 5. The van der Waals surface area contributed by atoms with Crippen LogP contribution in [0.2, 0.25) is 0 Å². The van der Waals surface area contributed by atoms with E-state index < -0.39 is 10.0 Å². The summed E-state index contributed by atoms with van der Waals surface area (Å²) >= 11 is 0. The molecule has 1 saturated carbocycles. The summed E-state index contributed by atoms with van der Waals surface area (Å²) in [6.45, 7) is 6.43. The number of sulfonamides is 1. The van der Waals surface area contributed by atoms with Gasteiger partial charge in [-0.3, -0.25) is 4.68 Å². The second kappa shape index (κ2) is 7.95. The summed E-state index contributed by atoms with van der Waals surface area (Å²) in [5.41, 5.74) is 0.236. The lowest BCUT2D eigenvalue weighted by molar-refractivity contribution is 0.0961. The van der Waals surface area contributed by atoms with Gasteiger partial charge in [0.2, 0.25) is 10.0 Å². The van der Waals surface area contributed by atoms with Gasteiger partial charge < -0.3 is 9.84 Å². The van der Waals surface area contributed by atoms with Crippen molar-refractivity contribution in [2.45, 2.75) is 62.8 Å². The zero-order valence-electron chi connectivity index (χ0n) is 14.8. The molecule has 0 spiro atoms. The summed E-state index contributed by atoms with van der Waals surface area (Å²) in [7, 11) is -3.65. The van der Waals surface area contributed by atoms with Crippen molar-refractivity contribution >= 4 is 10.0 Å². The summed E-state index contributed by atoms with van der Waals surface area (Å²) in [6, 6.07) is 0.294. The fourth-order valence-corrected chi connectivity index (χ4v) is 4.30. The van der Waals surface area contributed by atoms with Crippen LogP contribution < -0.4 is 4.72 Å². The molecule has 24 heavy (non-hydrogen) atoms. The van der Waals surface area contributed by atoms with Gasteiger partial charge in [0.1, 0.15) is 4.90 Å². The van der Waals surface area contributed by atoms with Crippen LogP contribution in [0.3, 0.4) is 0 Å². The van der Waals surface area contributed by atoms with Crippen LogP contribution in [0.4, 0.5) is 0 Å².